The topological polar surface area (TPSA) is 24.9 Å². The van der Waals surface area contributed by atoms with Crippen molar-refractivity contribution < 1.29 is 0 Å². The van der Waals surface area contributed by atoms with Gasteiger partial charge >= 0.3 is 0 Å². The van der Waals surface area contributed by atoms with Crippen molar-refractivity contribution in [2.75, 3.05) is 0 Å². The zero-order chi connectivity index (χ0) is 11.8. The fourth-order valence-corrected chi connectivity index (χ4v) is 2.60. The minimum absolute atomic E-state index is 0.455. The predicted octanol–water partition coefficient (Wildman–Crippen LogP) is 4.15. The Morgan fingerprint density at radius 3 is 2.69 bits per heavy atom. The molecule has 0 saturated carbocycles. The van der Waals surface area contributed by atoms with Crippen molar-refractivity contribution >= 4 is 11.3 Å². The molecule has 1 unspecified atom stereocenters. The van der Waals surface area contributed by atoms with Crippen LogP contribution in [0.15, 0.2) is 11.6 Å². The first-order chi connectivity index (χ1) is 7.74. The monoisotopic (exact) mass is 240 g/mol. The zero-order valence-electron chi connectivity index (χ0n) is 10.7. The van der Waals surface area contributed by atoms with Crippen LogP contribution in [0.25, 0.3) is 0 Å². The van der Waals surface area contributed by atoms with E-state index < -0.39 is 0 Å². The third-order valence-corrected chi connectivity index (χ3v) is 3.52. The summed E-state index contributed by atoms with van der Waals surface area (Å²) in [6.45, 7) is 6.66. The molecule has 3 heteroatoms. The van der Waals surface area contributed by atoms with Gasteiger partial charge in [0.15, 0.2) is 0 Å². The van der Waals surface area contributed by atoms with Crippen molar-refractivity contribution in [3.05, 3.63) is 16.6 Å². The van der Waals surface area contributed by atoms with Crippen molar-refractivity contribution in [2.45, 2.75) is 65.0 Å². The van der Waals surface area contributed by atoms with Gasteiger partial charge in [0.25, 0.3) is 0 Å². The van der Waals surface area contributed by atoms with Crippen LogP contribution in [0.3, 0.4) is 0 Å². The first kappa shape index (κ1) is 13.7. The summed E-state index contributed by atoms with van der Waals surface area (Å²) in [5.41, 5.74) is 0. The maximum absolute atomic E-state index is 4.42. The maximum Gasteiger partial charge on any atom is 0.109 e. The van der Waals surface area contributed by atoms with Crippen LogP contribution in [0.2, 0.25) is 0 Å². The number of unbranched alkanes of at least 4 members (excludes halogenated alkanes) is 3. The largest absolute Gasteiger partial charge is 0.306 e. The maximum atomic E-state index is 4.42. The number of aromatic nitrogens is 1. The van der Waals surface area contributed by atoms with Crippen molar-refractivity contribution in [3.63, 3.8) is 0 Å². The number of nitrogens with zero attached hydrogens (tertiary/aromatic N) is 1. The summed E-state index contributed by atoms with van der Waals surface area (Å²) in [5, 5.41) is 6.91. The normalized spacial score (nSPS) is 13.2. The van der Waals surface area contributed by atoms with Crippen LogP contribution >= 0.6 is 11.3 Å². The van der Waals surface area contributed by atoms with E-state index in [0.29, 0.717) is 12.1 Å². The van der Waals surface area contributed by atoms with Gasteiger partial charge in [0.05, 0.1) is 6.04 Å². The molecular weight excluding hydrogens is 216 g/mol. The smallest absolute Gasteiger partial charge is 0.109 e. The molecule has 0 aliphatic carbocycles. The van der Waals surface area contributed by atoms with E-state index in [2.05, 4.69) is 36.5 Å². The molecule has 0 aromatic carbocycles. The molecule has 0 bridgehead atoms. The highest BCUT2D eigenvalue weighted by Gasteiger charge is 2.14. The molecular formula is C13H24N2S. The second-order valence-corrected chi connectivity index (χ2v) is 5.52. The molecule has 2 nitrogen and oxygen atoms in total. The minimum Gasteiger partial charge on any atom is -0.306 e. The van der Waals surface area contributed by atoms with Gasteiger partial charge in [-0.05, 0) is 6.42 Å². The molecule has 92 valence electrons. The van der Waals surface area contributed by atoms with Gasteiger partial charge in [-0.3, -0.25) is 0 Å². The molecule has 1 aromatic heterocycles. The lowest BCUT2D eigenvalue weighted by Gasteiger charge is -2.19. The summed E-state index contributed by atoms with van der Waals surface area (Å²) in [6.07, 6.45) is 8.43. The number of nitrogens with one attached hydrogen (secondary N) is 1. The lowest BCUT2D eigenvalue weighted by molar-refractivity contribution is 0.432. The standard InChI is InChI=1S/C13H24N2S/c1-4-5-6-7-8-12(15-11(2)3)13-14-9-10-16-13/h9-12,15H,4-8H2,1-3H3. The zero-order valence-corrected chi connectivity index (χ0v) is 11.5. The van der Waals surface area contributed by atoms with E-state index in [-0.39, 0.29) is 0 Å². The summed E-state index contributed by atoms with van der Waals surface area (Å²) in [5.74, 6) is 0. The third kappa shape index (κ3) is 5.08. The van der Waals surface area contributed by atoms with Gasteiger partial charge in [0.2, 0.25) is 0 Å². The summed E-state index contributed by atoms with van der Waals surface area (Å²) in [6, 6.07) is 0.983. The highest BCUT2D eigenvalue weighted by Crippen LogP contribution is 2.22. The Kier molecular flexibility index (Phi) is 6.65. The summed E-state index contributed by atoms with van der Waals surface area (Å²) in [7, 11) is 0. The Labute approximate surface area is 103 Å². The van der Waals surface area contributed by atoms with Crippen molar-refractivity contribution in [3.8, 4) is 0 Å². The fraction of sp³-hybridized carbons (Fsp3) is 0.769. The van der Waals surface area contributed by atoms with Crippen LogP contribution in [-0.4, -0.2) is 11.0 Å². The van der Waals surface area contributed by atoms with Crippen LogP contribution < -0.4 is 5.32 Å². The van der Waals surface area contributed by atoms with Crippen molar-refractivity contribution in [2.24, 2.45) is 0 Å². The van der Waals surface area contributed by atoms with Crippen molar-refractivity contribution in [1.29, 1.82) is 0 Å². The molecule has 1 rings (SSSR count). The third-order valence-electron chi connectivity index (χ3n) is 2.63. The van der Waals surface area contributed by atoms with Crippen LogP contribution in [0.1, 0.15) is 63.9 Å². The molecule has 16 heavy (non-hydrogen) atoms. The molecule has 0 fully saturated rings. The first-order valence-electron chi connectivity index (χ1n) is 6.39. The van der Waals surface area contributed by atoms with E-state index in [1.807, 2.05) is 6.20 Å². The highest BCUT2D eigenvalue weighted by molar-refractivity contribution is 7.09. The molecule has 1 atom stereocenters. The fourth-order valence-electron chi connectivity index (χ4n) is 1.86. The molecule has 0 amide bonds. The Balaban J connectivity index is 2.39. The van der Waals surface area contributed by atoms with Crippen molar-refractivity contribution in [1.82, 2.24) is 10.3 Å². The quantitative estimate of drug-likeness (QED) is 0.690. The average Bonchev–Trinajstić information content (AvgIpc) is 2.75. The van der Waals surface area contributed by atoms with Gasteiger partial charge < -0.3 is 5.32 Å². The van der Waals surface area contributed by atoms with E-state index in [0.717, 1.165) is 0 Å². The van der Waals surface area contributed by atoms with Gasteiger partial charge in [-0.1, -0.05) is 46.5 Å². The SMILES string of the molecule is CCCCCCC(NC(C)C)c1nccs1. The van der Waals surface area contributed by atoms with E-state index in [9.17, 15) is 0 Å². The molecule has 1 heterocycles. The second-order valence-electron chi connectivity index (χ2n) is 4.59. The van der Waals surface area contributed by atoms with Crippen LogP contribution in [0, 0.1) is 0 Å². The van der Waals surface area contributed by atoms with Gasteiger partial charge in [-0.2, -0.15) is 0 Å². The van der Waals surface area contributed by atoms with Gasteiger partial charge in [0, 0.05) is 17.6 Å². The summed E-state index contributed by atoms with van der Waals surface area (Å²) < 4.78 is 0. The van der Waals surface area contributed by atoms with Crippen LogP contribution in [0.5, 0.6) is 0 Å². The molecule has 0 saturated heterocycles. The van der Waals surface area contributed by atoms with Gasteiger partial charge in [-0.25, -0.2) is 4.98 Å². The minimum atomic E-state index is 0.455. The van der Waals surface area contributed by atoms with Crippen LogP contribution in [-0.2, 0) is 0 Å². The molecule has 0 aliphatic rings. The number of rotatable bonds is 8. The van der Waals surface area contributed by atoms with E-state index in [1.54, 1.807) is 11.3 Å². The van der Waals surface area contributed by atoms with E-state index >= 15 is 0 Å². The highest BCUT2D eigenvalue weighted by atomic mass is 32.1. The Morgan fingerprint density at radius 2 is 2.12 bits per heavy atom. The molecule has 0 aliphatic heterocycles. The average molecular weight is 240 g/mol. The molecule has 1 N–H and O–H groups in total. The summed E-state index contributed by atoms with van der Waals surface area (Å²) >= 11 is 1.76. The van der Waals surface area contributed by atoms with E-state index in [4.69, 9.17) is 0 Å². The van der Waals surface area contributed by atoms with E-state index in [1.165, 1.54) is 37.1 Å². The second kappa shape index (κ2) is 7.80. The Bertz CT molecular complexity index is 257. The lowest BCUT2D eigenvalue weighted by Crippen LogP contribution is -2.28. The summed E-state index contributed by atoms with van der Waals surface area (Å²) in [4.78, 5) is 4.42. The number of hydrogen-bond acceptors (Lipinski definition) is 3. The predicted molar refractivity (Wildman–Crippen MR) is 71.9 cm³/mol. The van der Waals surface area contributed by atoms with Gasteiger partial charge in [-0.15, -0.1) is 11.3 Å². The molecule has 1 aromatic rings. The number of hydrogen-bond donors (Lipinski definition) is 1. The number of thiazole rings is 1. The Hall–Kier alpha value is -0.410. The van der Waals surface area contributed by atoms with Crippen LogP contribution in [0.4, 0.5) is 0 Å². The molecule has 0 spiro atoms. The lowest BCUT2D eigenvalue weighted by atomic mass is 10.1. The Morgan fingerprint density at radius 1 is 1.31 bits per heavy atom. The van der Waals surface area contributed by atoms with Gasteiger partial charge in [0.1, 0.15) is 5.01 Å². The molecule has 0 radical (unpaired) electrons. The first-order valence-corrected chi connectivity index (χ1v) is 7.27.